The lowest BCUT2D eigenvalue weighted by Crippen LogP contribution is -2.42. The molecular weight excluding hydrogens is 491 g/mol. The molecular formula is C22H17ClF3N5O2S. The van der Waals surface area contributed by atoms with Crippen molar-refractivity contribution in [3.63, 3.8) is 0 Å². The van der Waals surface area contributed by atoms with E-state index in [4.69, 9.17) is 16.1 Å². The predicted molar refractivity (Wildman–Crippen MR) is 124 cm³/mol. The molecule has 4 heterocycles. The lowest BCUT2D eigenvalue weighted by atomic mass is 10.1. The van der Waals surface area contributed by atoms with Crippen LogP contribution in [0.2, 0.25) is 5.02 Å². The van der Waals surface area contributed by atoms with Gasteiger partial charge in [-0.05, 0) is 37.3 Å². The minimum absolute atomic E-state index is 0. The first-order valence-corrected chi connectivity index (χ1v) is 10.3. The van der Waals surface area contributed by atoms with Gasteiger partial charge in [-0.25, -0.2) is 0 Å². The SMILES string of the molecule is C[C@H]1CN(c2ccc(C(F)(F)F)c(Cl)c2)C(=O)c2c(-c3cc(-c4cccnc4)no3)cnn21.S. The van der Waals surface area contributed by atoms with E-state index in [0.717, 1.165) is 17.7 Å². The normalized spacial score (nSPS) is 15.7. The number of amides is 1. The summed E-state index contributed by atoms with van der Waals surface area (Å²) in [6, 6.07) is 8.29. The van der Waals surface area contributed by atoms with Crippen molar-refractivity contribution < 1.29 is 22.5 Å². The average molecular weight is 508 g/mol. The van der Waals surface area contributed by atoms with E-state index in [0.29, 0.717) is 17.0 Å². The zero-order valence-corrected chi connectivity index (χ0v) is 19.3. The maximum Gasteiger partial charge on any atom is 0.417 e. The van der Waals surface area contributed by atoms with Crippen LogP contribution >= 0.6 is 25.1 Å². The number of pyridine rings is 1. The van der Waals surface area contributed by atoms with E-state index in [9.17, 15) is 18.0 Å². The Kier molecular flexibility index (Phi) is 6.17. The Bertz CT molecular complexity index is 1360. The molecule has 34 heavy (non-hydrogen) atoms. The molecule has 1 aliphatic rings. The molecule has 7 nitrogen and oxygen atoms in total. The van der Waals surface area contributed by atoms with Crippen LogP contribution in [0.1, 0.15) is 29.0 Å². The van der Waals surface area contributed by atoms with E-state index in [1.54, 1.807) is 29.2 Å². The molecule has 0 unspecified atom stereocenters. The Hall–Kier alpha value is -3.31. The van der Waals surface area contributed by atoms with Gasteiger partial charge in [0.15, 0.2) is 5.76 Å². The number of benzene rings is 1. The molecule has 0 aliphatic carbocycles. The first-order valence-electron chi connectivity index (χ1n) is 9.87. The first kappa shape index (κ1) is 23.8. The molecule has 1 atom stereocenters. The van der Waals surface area contributed by atoms with Crippen molar-refractivity contribution in [3.05, 3.63) is 71.3 Å². The number of hydrogen-bond acceptors (Lipinski definition) is 5. The third kappa shape index (κ3) is 4.05. The van der Waals surface area contributed by atoms with Crippen molar-refractivity contribution in [2.24, 2.45) is 0 Å². The monoisotopic (exact) mass is 507 g/mol. The Balaban J connectivity index is 0.00000274. The van der Waals surface area contributed by atoms with Crippen LogP contribution in [0.25, 0.3) is 22.6 Å². The summed E-state index contributed by atoms with van der Waals surface area (Å²) in [6.45, 7) is 2.07. The van der Waals surface area contributed by atoms with E-state index in [-0.39, 0.29) is 37.5 Å². The second kappa shape index (κ2) is 8.80. The Morgan fingerprint density at radius 3 is 2.65 bits per heavy atom. The number of carbonyl (C=O) groups is 1. The number of carbonyl (C=O) groups excluding carboxylic acids is 1. The van der Waals surface area contributed by atoms with Gasteiger partial charge in [-0.2, -0.15) is 31.8 Å². The third-order valence-corrected chi connectivity index (χ3v) is 5.72. The van der Waals surface area contributed by atoms with Crippen LogP contribution < -0.4 is 4.90 Å². The van der Waals surface area contributed by atoms with E-state index in [1.165, 1.54) is 17.2 Å². The summed E-state index contributed by atoms with van der Waals surface area (Å²) in [5, 5.41) is 7.91. The molecule has 1 aromatic carbocycles. The second-order valence-corrected chi connectivity index (χ2v) is 8.00. The fourth-order valence-corrected chi connectivity index (χ4v) is 4.10. The highest BCUT2D eigenvalue weighted by Gasteiger charge is 2.37. The quantitative estimate of drug-likeness (QED) is 0.360. The lowest BCUT2D eigenvalue weighted by molar-refractivity contribution is -0.137. The maximum atomic E-state index is 13.4. The molecule has 176 valence electrons. The fraction of sp³-hybridized carbons (Fsp3) is 0.182. The summed E-state index contributed by atoms with van der Waals surface area (Å²) < 4.78 is 46.3. The lowest BCUT2D eigenvalue weighted by Gasteiger charge is -2.32. The minimum atomic E-state index is -4.58. The van der Waals surface area contributed by atoms with E-state index in [2.05, 4.69) is 15.2 Å². The van der Waals surface area contributed by atoms with Crippen molar-refractivity contribution in [2.45, 2.75) is 19.1 Å². The number of alkyl halides is 3. The van der Waals surface area contributed by atoms with Crippen molar-refractivity contribution >= 4 is 36.7 Å². The molecule has 0 N–H and O–H groups in total. The van der Waals surface area contributed by atoms with E-state index >= 15 is 0 Å². The highest BCUT2D eigenvalue weighted by atomic mass is 35.5. The molecule has 0 spiro atoms. The average Bonchev–Trinajstić information content (AvgIpc) is 3.43. The Morgan fingerprint density at radius 1 is 1.18 bits per heavy atom. The van der Waals surface area contributed by atoms with Crippen LogP contribution in [0, 0.1) is 0 Å². The minimum Gasteiger partial charge on any atom is -0.356 e. The summed E-state index contributed by atoms with van der Waals surface area (Å²) in [6.07, 6.45) is 0.207. The maximum absolute atomic E-state index is 13.4. The van der Waals surface area contributed by atoms with Gasteiger partial charge >= 0.3 is 6.18 Å². The molecule has 0 fully saturated rings. The van der Waals surface area contributed by atoms with Gasteiger partial charge in [0.05, 0.1) is 28.4 Å². The van der Waals surface area contributed by atoms with Crippen LogP contribution in [0.5, 0.6) is 0 Å². The molecule has 4 aromatic rings. The van der Waals surface area contributed by atoms with Gasteiger partial charge in [0.2, 0.25) is 0 Å². The van der Waals surface area contributed by atoms with E-state index < -0.39 is 22.7 Å². The van der Waals surface area contributed by atoms with Crippen LogP contribution in [0.4, 0.5) is 18.9 Å². The predicted octanol–water partition coefficient (Wildman–Crippen LogP) is 5.61. The number of nitrogens with zero attached hydrogens (tertiary/aromatic N) is 5. The molecule has 3 aromatic heterocycles. The molecule has 1 aliphatic heterocycles. The third-order valence-electron chi connectivity index (χ3n) is 5.41. The van der Waals surface area contributed by atoms with Gasteiger partial charge in [-0.3, -0.25) is 14.5 Å². The largest absolute Gasteiger partial charge is 0.417 e. The number of halogens is 4. The van der Waals surface area contributed by atoms with Gasteiger partial charge < -0.3 is 9.42 Å². The number of fused-ring (bicyclic) bond motifs is 1. The number of hydrogen-bond donors (Lipinski definition) is 0. The summed E-state index contributed by atoms with van der Waals surface area (Å²) in [4.78, 5) is 18.9. The molecule has 0 saturated carbocycles. The fourth-order valence-electron chi connectivity index (χ4n) is 3.82. The molecule has 0 saturated heterocycles. The highest BCUT2D eigenvalue weighted by Crippen LogP contribution is 2.39. The summed E-state index contributed by atoms with van der Waals surface area (Å²) in [5.41, 5.74) is 1.27. The first-order chi connectivity index (χ1) is 15.7. The molecule has 0 radical (unpaired) electrons. The van der Waals surface area contributed by atoms with Gasteiger partial charge in [0.25, 0.3) is 5.91 Å². The van der Waals surface area contributed by atoms with Gasteiger partial charge in [-0.15, -0.1) is 0 Å². The van der Waals surface area contributed by atoms with Crippen LogP contribution in [-0.4, -0.2) is 32.4 Å². The van der Waals surface area contributed by atoms with E-state index in [1.807, 2.05) is 13.0 Å². The molecule has 1 amide bonds. The number of anilines is 1. The summed E-state index contributed by atoms with van der Waals surface area (Å²) in [7, 11) is 0. The standard InChI is InChI=1S/C22H15ClF3N5O2.H2S/c1-12-11-30(14-4-5-16(17(23)7-14)22(24,25)26)21(32)20-15(10-28-31(12)20)19-8-18(29-33-19)13-3-2-6-27-9-13;/h2-10,12H,11H2,1H3;1H2/t12-;/m0./s1. The number of aromatic nitrogens is 4. The zero-order valence-electron chi connectivity index (χ0n) is 17.5. The van der Waals surface area contributed by atoms with Crippen LogP contribution in [0.3, 0.4) is 0 Å². The number of rotatable bonds is 3. The summed E-state index contributed by atoms with van der Waals surface area (Å²) in [5.74, 6) is -0.0984. The molecule has 0 bridgehead atoms. The summed E-state index contributed by atoms with van der Waals surface area (Å²) >= 11 is 5.88. The van der Waals surface area contributed by atoms with Crippen LogP contribution in [0.15, 0.2) is 59.5 Å². The Morgan fingerprint density at radius 2 is 1.97 bits per heavy atom. The van der Waals surface area contributed by atoms with Crippen LogP contribution in [-0.2, 0) is 6.18 Å². The Labute approximate surface area is 203 Å². The molecule has 12 heteroatoms. The topological polar surface area (TPSA) is 77.1 Å². The zero-order chi connectivity index (χ0) is 23.3. The van der Waals surface area contributed by atoms with Gasteiger partial charge in [-0.1, -0.05) is 16.8 Å². The van der Waals surface area contributed by atoms with Crippen molar-refractivity contribution in [3.8, 4) is 22.6 Å². The van der Waals surface area contributed by atoms with Crippen molar-refractivity contribution in [2.75, 3.05) is 11.4 Å². The van der Waals surface area contributed by atoms with Gasteiger partial charge in [0.1, 0.15) is 11.4 Å². The van der Waals surface area contributed by atoms with Crippen molar-refractivity contribution in [1.29, 1.82) is 0 Å². The molecule has 5 rings (SSSR count). The highest BCUT2D eigenvalue weighted by molar-refractivity contribution is 7.59. The second-order valence-electron chi connectivity index (χ2n) is 7.60. The van der Waals surface area contributed by atoms with Gasteiger partial charge in [0, 0.05) is 36.3 Å². The van der Waals surface area contributed by atoms with Crippen molar-refractivity contribution in [1.82, 2.24) is 19.9 Å². The smallest absolute Gasteiger partial charge is 0.356 e.